The van der Waals surface area contributed by atoms with E-state index in [-0.39, 0.29) is 5.91 Å². The van der Waals surface area contributed by atoms with E-state index in [0.29, 0.717) is 6.42 Å². The van der Waals surface area contributed by atoms with Gasteiger partial charge in [-0.15, -0.1) is 0 Å². The molecule has 0 heterocycles. The van der Waals surface area contributed by atoms with Gasteiger partial charge in [-0.05, 0) is 6.42 Å². The summed E-state index contributed by atoms with van der Waals surface area (Å²) in [5.74, 6) is -0.249. The maximum absolute atomic E-state index is 10.9. The topological polar surface area (TPSA) is 64.4 Å². The van der Waals surface area contributed by atoms with Gasteiger partial charge in [0.2, 0.25) is 0 Å². The van der Waals surface area contributed by atoms with Crippen LogP contribution in [0.15, 0.2) is 0 Å². The van der Waals surface area contributed by atoms with E-state index in [1.807, 2.05) is 0 Å². The molecule has 11 heavy (non-hydrogen) atoms. The molecule has 0 aliphatic carbocycles. The van der Waals surface area contributed by atoms with Crippen LogP contribution in [-0.2, 0) is 9.63 Å². The second kappa shape index (κ2) is 6.12. The lowest BCUT2D eigenvalue weighted by Gasteiger charge is -2.08. The Morgan fingerprint density at radius 3 is 2.82 bits per heavy atom. The molecule has 4 heteroatoms. The van der Waals surface area contributed by atoms with Crippen LogP contribution < -0.4 is 11.2 Å². The largest absolute Gasteiger partial charge is 0.320 e. The molecule has 1 atom stereocenters. The molecule has 0 aliphatic rings. The molecular formula is C7H16N2O2. The number of nitrogens with two attached hydrogens (primary N) is 1. The zero-order valence-corrected chi connectivity index (χ0v) is 7.09. The van der Waals surface area contributed by atoms with Crippen molar-refractivity contribution in [3.05, 3.63) is 0 Å². The summed E-state index contributed by atoms with van der Waals surface area (Å²) < 4.78 is 0. The molecule has 0 fully saturated rings. The van der Waals surface area contributed by atoms with E-state index in [1.54, 1.807) is 0 Å². The molecular weight excluding hydrogens is 144 g/mol. The van der Waals surface area contributed by atoms with E-state index >= 15 is 0 Å². The van der Waals surface area contributed by atoms with E-state index in [4.69, 9.17) is 5.73 Å². The van der Waals surface area contributed by atoms with Crippen LogP contribution >= 0.6 is 0 Å². The third kappa shape index (κ3) is 4.75. The number of hydrogen-bond donors (Lipinski definition) is 2. The second-order valence-corrected chi connectivity index (χ2v) is 2.42. The number of carbonyl (C=O) groups excluding carboxylic acids is 1. The van der Waals surface area contributed by atoms with Crippen LogP contribution in [0.2, 0.25) is 0 Å². The quantitative estimate of drug-likeness (QED) is 0.564. The lowest BCUT2D eigenvalue weighted by molar-refractivity contribution is -0.132. The first-order valence-corrected chi connectivity index (χ1v) is 3.80. The number of unbranched alkanes of at least 4 members (excludes halogenated alkanes) is 1. The molecule has 0 bridgehead atoms. The van der Waals surface area contributed by atoms with Crippen LogP contribution in [0.25, 0.3) is 0 Å². The van der Waals surface area contributed by atoms with Crippen molar-refractivity contribution in [2.24, 2.45) is 5.73 Å². The molecule has 0 aromatic heterocycles. The van der Waals surface area contributed by atoms with Crippen molar-refractivity contribution in [3.63, 3.8) is 0 Å². The van der Waals surface area contributed by atoms with Crippen LogP contribution in [0.3, 0.4) is 0 Å². The van der Waals surface area contributed by atoms with Crippen molar-refractivity contribution < 1.29 is 9.63 Å². The summed E-state index contributed by atoms with van der Waals surface area (Å²) in [5.41, 5.74) is 7.69. The molecule has 0 saturated heterocycles. The zero-order chi connectivity index (χ0) is 8.69. The van der Waals surface area contributed by atoms with Crippen molar-refractivity contribution in [1.29, 1.82) is 0 Å². The fourth-order valence-corrected chi connectivity index (χ4v) is 0.731. The van der Waals surface area contributed by atoms with Crippen molar-refractivity contribution in [3.8, 4) is 0 Å². The van der Waals surface area contributed by atoms with Gasteiger partial charge in [-0.25, -0.2) is 5.48 Å². The molecule has 0 saturated carbocycles. The van der Waals surface area contributed by atoms with Crippen LogP contribution in [0.5, 0.6) is 0 Å². The summed E-state index contributed by atoms with van der Waals surface area (Å²) >= 11 is 0. The van der Waals surface area contributed by atoms with Crippen molar-refractivity contribution >= 4 is 5.91 Å². The summed E-state index contributed by atoms with van der Waals surface area (Å²) in [6.45, 7) is 2.06. The molecule has 66 valence electrons. The van der Waals surface area contributed by atoms with E-state index < -0.39 is 6.04 Å². The Morgan fingerprint density at radius 1 is 1.73 bits per heavy atom. The van der Waals surface area contributed by atoms with Crippen molar-refractivity contribution in [1.82, 2.24) is 5.48 Å². The van der Waals surface area contributed by atoms with E-state index in [0.717, 1.165) is 12.8 Å². The maximum atomic E-state index is 10.9. The Bertz CT molecular complexity index is 117. The van der Waals surface area contributed by atoms with Gasteiger partial charge in [-0.2, -0.15) is 0 Å². The second-order valence-electron chi connectivity index (χ2n) is 2.42. The third-order valence-electron chi connectivity index (χ3n) is 1.41. The number of nitrogens with one attached hydrogen (secondary N) is 1. The van der Waals surface area contributed by atoms with Gasteiger partial charge in [0.25, 0.3) is 5.91 Å². The molecule has 0 radical (unpaired) electrons. The highest BCUT2D eigenvalue weighted by Crippen LogP contribution is 1.97. The van der Waals surface area contributed by atoms with Gasteiger partial charge >= 0.3 is 0 Å². The standard InChI is InChI=1S/C7H16N2O2/c1-3-4-5-6(8)7(10)9-11-2/h6H,3-5,8H2,1-2H3,(H,9,10)/t6-/m0/s1. The SMILES string of the molecule is CCCC[C@H](N)C(=O)NOC. The summed E-state index contributed by atoms with van der Waals surface area (Å²) in [6, 6.07) is -0.435. The van der Waals surface area contributed by atoms with Crippen molar-refractivity contribution in [2.75, 3.05) is 7.11 Å². The highest BCUT2D eigenvalue weighted by atomic mass is 16.6. The van der Waals surface area contributed by atoms with Crippen LogP contribution in [0.4, 0.5) is 0 Å². The minimum absolute atomic E-state index is 0.249. The number of carbonyl (C=O) groups is 1. The summed E-state index contributed by atoms with van der Waals surface area (Å²) in [4.78, 5) is 15.3. The minimum Gasteiger partial charge on any atom is -0.320 e. The van der Waals surface area contributed by atoms with Gasteiger partial charge in [-0.1, -0.05) is 19.8 Å². The smallest absolute Gasteiger partial charge is 0.260 e. The fraction of sp³-hybridized carbons (Fsp3) is 0.857. The fourth-order valence-electron chi connectivity index (χ4n) is 0.731. The number of amides is 1. The predicted molar refractivity (Wildman–Crippen MR) is 42.7 cm³/mol. The van der Waals surface area contributed by atoms with Gasteiger partial charge in [0, 0.05) is 0 Å². The Morgan fingerprint density at radius 2 is 2.36 bits per heavy atom. The predicted octanol–water partition coefficient (Wildman–Crippen LogP) is 0.182. The van der Waals surface area contributed by atoms with Gasteiger partial charge < -0.3 is 5.73 Å². The highest BCUT2D eigenvalue weighted by molar-refractivity contribution is 5.80. The lowest BCUT2D eigenvalue weighted by Crippen LogP contribution is -2.39. The Labute approximate surface area is 67.0 Å². The minimum atomic E-state index is -0.435. The molecule has 0 aliphatic heterocycles. The summed E-state index contributed by atoms with van der Waals surface area (Å²) in [5, 5.41) is 0. The first-order chi connectivity index (χ1) is 5.22. The molecule has 0 aromatic rings. The Hall–Kier alpha value is -0.610. The molecule has 0 aromatic carbocycles. The number of hydroxylamine groups is 1. The monoisotopic (exact) mass is 160 g/mol. The molecule has 4 nitrogen and oxygen atoms in total. The maximum Gasteiger partial charge on any atom is 0.260 e. The molecule has 0 rings (SSSR count). The Balaban J connectivity index is 3.46. The van der Waals surface area contributed by atoms with Gasteiger partial charge in [0.1, 0.15) is 0 Å². The lowest BCUT2D eigenvalue weighted by atomic mass is 10.1. The third-order valence-corrected chi connectivity index (χ3v) is 1.41. The number of rotatable bonds is 5. The van der Waals surface area contributed by atoms with Crippen LogP contribution in [0.1, 0.15) is 26.2 Å². The van der Waals surface area contributed by atoms with Gasteiger partial charge in [0.05, 0.1) is 13.2 Å². The van der Waals surface area contributed by atoms with Crippen molar-refractivity contribution in [2.45, 2.75) is 32.2 Å². The molecule has 1 amide bonds. The van der Waals surface area contributed by atoms with Crippen LogP contribution in [0, 0.1) is 0 Å². The first-order valence-electron chi connectivity index (χ1n) is 3.80. The summed E-state index contributed by atoms with van der Waals surface area (Å²) in [7, 11) is 1.39. The van der Waals surface area contributed by atoms with Crippen LogP contribution in [-0.4, -0.2) is 19.1 Å². The summed E-state index contributed by atoms with van der Waals surface area (Å²) in [6.07, 6.45) is 2.73. The zero-order valence-electron chi connectivity index (χ0n) is 7.09. The Kier molecular flexibility index (Phi) is 5.78. The van der Waals surface area contributed by atoms with Gasteiger partial charge in [-0.3, -0.25) is 9.63 Å². The van der Waals surface area contributed by atoms with E-state index in [2.05, 4.69) is 17.2 Å². The van der Waals surface area contributed by atoms with Gasteiger partial charge in [0.15, 0.2) is 0 Å². The average Bonchev–Trinajstić information content (AvgIpc) is 2.00. The molecule has 3 N–H and O–H groups in total. The normalized spacial score (nSPS) is 12.6. The average molecular weight is 160 g/mol. The highest BCUT2D eigenvalue weighted by Gasteiger charge is 2.11. The molecule has 0 unspecified atom stereocenters. The molecule has 0 spiro atoms. The number of hydrogen-bond acceptors (Lipinski definition) is 3. The van der Waals surface area contributed by atoms with E-state index in [1.165, 1.54) is 7.11 Å². The van der Waals surface area contributed by atoms with E-state index in [9.17, 15) is 4.79 Å². The first kappa shape index (κ1) is 10.4.